The molecule has 0 radical (unpaired) electrons. The van der Waals surface area contributed by atoms with Crippen LogP contribution in [0.4, 0.5) is 11.4 Å². The van der Waals surface area contributed by atoms with Crippen molar-refractivity contribution < 1.29 is 24.0 Å². The van der Waals surface area contributed by atoms with Gasteiger partial charge < -0.3 is 14.8 Å². The van der Waals surface area contributed by atoms with Gasteiger partial charge in [-0.15, -0.1) is 0 Å². The van der Waals surface area contributed by atoms with E-state index in [1.165, 1.54) is 37.5 Å². The average Bonchev–Trinajstić information content (AvgIpc) is 2.85. The number of carbonyl (C=O) groups is 2. The minimum absolute atomic E-state index is 0.00656. The quantitative estimate of drug-likeness (QED) is 0.108. The molecule has 0 saturated carbocycles. The van der Waals surface area contributed by atoms with Crippen LogP contribution < -0.4 is 14.8 Å². The third kappa shape index (κ3) is 6.14. The first-order valence-electron chi connectivity index (χ1n) is 9.75. The number of benzene rings is 3. The lowest BCUT2D eigenvalue weighted by Crippen LogP contribution is -2.14. The van der Waals surface area contributed by atoms with Crippen LogP contribution in [0.15, 0.2) is 66.2 Å². The van der Waals surface area contributed by atoms with Crippen molar-refractivity contribution in [1.29, 1.82) is 5.26 Å². The lowest BCUT2D eigenvalue weighted by atomic mass is 10.1. The summed E-state index contributed by atoms with van der Waals surface area (Å²) in [5, 5.41) is 22.9. The summed E-state index contributed by atoms with van der Waals surface area (Å²) < 4.78 is 10.4. The first-order chi connectivity index (χ1) is 16.7. The minimum Gasteiger partial charge on any atom is -0.495 e. The zero-order chi connectivity index (χ0) is 25.5. The predicted octanol–water partition coefficient (Wildman–Crippen LogP) is 5.68. The number of non-ortho nitro benzene ring substituents is 1. The Hall–Kier alpha value is -4.39. The molecule has 0 fully saturated rings. The van der Waals surface area contributed by atoms with Crippen LogP contribution in [0, 0.1) is 21.4 Å². The van der Waals surface area contributed by atoms with Gasteiger partial charge in [0.2, 0.25) is 0 Å². The van der Waals surface area contributed by atoms with Gasteiger partial charge in [-0.1, -0.05) is 41.4 Å². The van der Waals surface area contributed by atoms with E-state index in [-0.39, 0.29) is 44.1 Å². The number of nitro groups is 1. The number of esters is 1. The number of methoxy groups -OCH3 is 1. The summed E-state index contributed by atoms with van der Waals surface area (Å²) >= 11 is 12.5. The second-order valence-electron chi connectivity index (χ2n) is 6.83. The molecule has 0 heterocycles. The third-order valence-electron chi connectivity index (χ3n) is 4.54. The van der Waals surface area contributed by atoms with Gasteiger partial charge in [0.1, 0.15) is 17.4 Å². The molecule has 0 spiro atoms. The van der Waals surface area contributed by atoms with Crippen molar-refractivity contribution in [3.8, 4) is 17.6 Å². The molecule has 0 aliphatic heterocycles. The molecule has 1 amide bonds. The lowest BCUT2D eigenvalue weighted by Gasteiger charge is -2.11. The van der Waals surface area contributed by atoms with Crippen LogP contribution in [0.2, 0.25) is 10.0 Å². The molecule has 0 bridgehead atoms. The Morgan fingerprint density at radius 1 is 1.09 bits per heavy atom. The Balaban J connectivity index is 1.86. The van der Waals surface area contributed by atoms with Gasteiger partial charge in [0.15, 0.2) is 5.75 Å². The average molecular weight is 512 g/mol. The largest absolute Gasteiger partial charge is 0.495 e. The maximum absolute atomic E-state index is 12.7. The molecule has 35 heavy (non-hydrogen) atoms. The van der Waals surface area contributed by atoms with Crippen molar-refractivity contribution in [1.82, 2.24) is 0 Å². The van der Waals surface area contributed by atoms with E-state index < -0.39 is 16.8 Å². The zero-order valence-electron chi connectivity index (χ0n) is 18.0. The molecule has 9 nitrogen and oxygen atoms in total. The number of halogens is 2. The molecule has 1 N–H and O–H groups in total. The number of rotatable bonds is 7. The number of hydrogen-bond acceptors (Lipinski definition) is 7. The Morgan fingerprint density at radius 3 is 2.31 bits per heavy atom. The van der Waals surface area contributed by atoms with Gasteiger partial charge >= 0.3 is 5.97 Å². The lowest BCUT2D eigenvalue weighted by molar-refractivity contribution is -0.384. The van der Waals surface area contributed by atoms with E-state index in [2.05, 4.69) is 5.32 Å². The molecule has 11 heteroatoms. The van der Waals surface area contributed by atoms with E-state index in [0.717, 1.165) is 6.07 Å². The monoisotopic (exact) mass is 511 g/mol. The van der Waals surface area contributed by atoms with Gasteiger partial charge in [-0.3, -0.25) is 14.9 Å². The summed E-state index contributed by atoms with van der Waals surface area (Å²) in [6.07, 6.45) is 1.21. The van der Waals surface area contributed by atoms with Gasteiger partial charge in [0, 0.05) is 12.1 Å². The van der Waals surface area contributed by atoms with Crippen LogP contribution in [0.3, 0.4) is 0 Å². The number of nitrogens with zero attached hydrogens (tertiary/aromatic N) is 2. The Kier molecular flexibility index (Phi) is 8.04. The number of hydrogen-bond donors (Lipinski definition) is 1. The Morgan fingerprint density at radius 2 is 1.74 bits per heavy atom. The van der Waals surface area contributed by atoms with Crippen molar-refractivity contribution in [3.05, 3.63) is 97.5 Å². The highest BCUT2D eigenvalue weighted by Gasteiger charge is 2.18. The van der Waals surface area contributed by atoms with Gasteiger partial charge in [0.05, 0.1) is 33.3 Å². The van der Waals surface area contributed by atoms with Crippen LogP contribution in [-0.4, -0.2) is 23.9 Å². The molecule has 0 aliphatic rings. The van der Waals surface area contributed by atoms with E-state index in [1.807, 2.05) is 0 Å². The fourth-order valence-electron chi connectivity index (χ4n) is 2.90. The SMILES string of the molecule is COc1ccc([N+](=O)[O-])cc1NC(=O)/C(C#N)=C/c1cc(Cl)c(OC(=O)c2ccccc2)c(Cl)c1. The van der Waals surface area contributed by atoms with Gasteiger partial charge in [-0.25, -0.2) is 4.79 Å². The summed E-state index contributed by atoms with van der Waals surface area (Å²) in [7, 11) is 1.33. The molecule has 0 unspecified atom stereocenters. The highest BCUT2D eigenvalue weighted by atomic mass is 35.5. The molecule has 0 aromatic heterocycles. The number of anilines is 1. The molecule has 3 aromatic carbocycles. The third-order valence-corrected chi connectivity index (χ3v) is 5.10. The van der Waals surface area contributed by atoms with Crippen molar-refractivity contribution in [2.24, 2.45) is 0 Å². The number of nitriles is 1. The molecule has 0 saturated heterocycles. The van der Waals surface area contributed by atoms with Crippen LogP contribution in [0.1, 0.15) is 15.9 Å². The van der Waals surface area contributed by atoms with E-state index in [9.17, 15) is 25.0 Å². The first kappa shape index (κ1) is 25.2. The fourth-order valence-corrected chi connectivity index (χ4v) is 3.48. The van der Waals surface area contributed by atoms with Crippen LogP contribution in [0.25, 0.3) is 6.08 Å². The van der Waals surface area contributed by atoms with E-state index in [1.54, 1.807) is 36.4 Å². The van der Waals surface area contributed by atoms with Crippen molar-refractivity contribution >= 4 is 52.5 Å². The summed E-state index contributed by atoms with van der Waals surface area (Å²) in [5.74, 6) is -1.43. The predicted molar refractivity (Wildman–Crippen MR) is 130 cm³/mol. The smallest absolute Gasteiger partial charge is 0.343 e. The van der Waals surface area contributed by atoms with Crippen LogP contribution >= 0.6 is 23.2 Å². The molecule has 176 valence electrons. The van der Waals surface area contributed by atoms with Crippen LogP contribution in [0.5, 0.6) is 11.5 Å². The van der Waals surface area contributed by atoms with E-state index >= 15 is 0 Å². The summed E-state index contributed by atoms with van der Waals surface area (Å²) in [5.41, 5.74) is -0.0459. The summed E-state index contributed by atoms with van der Waals surface area (Å²) in [6.45, 7) is 0. The summed E-state index contributed by atoms with van der Waals surface area (Å²) in [6, 6.07) is 16.3. The normalized spacial score (nSPS) is 10.7. The number of carbonyl (C=O) groups excluding carboxylic acids is 2. The molecule has 3 aromatic rings. The van der Waals surface area contributed by atoms with Crippen molar-refractivity contribution in [2.75, 3.05) is 12.4 Å². The second kappa shape index (κ2) is 11.2. The van der Waals surface area contributed by atoms with Gasteiger partial charge in [-0.05, 0) is 42.0 Å². The second-order valence-corrected chi connectivity index (χ2v) is 7.65. The fraction of sp³-hybridized carbons (Fsp3) is 0.0417. The van der Waals surface area contributed by atoms with Gasteiger partial charge in [0.25, 0.3) is 11.6 Å². The number of ether oxygens (including phenoxy) is 2. The number of nitrogens with one attached hydrogen (secondary N) is 1. The topological polar surface area (TPSA) is 132 Å². The highest BCUT2D eigenvalue weighted by Crippen LogP contribution is 2.36. The first-order valence-corrected chi connectivity index (χ1v) is 10.5. The molecule has 0 atom stereocenters. The maximum Gasteiger partial charge on any atom is 0.343 e. The standard InChI is InChI=1S/C24H15Cl2N3O6/c1-34-21-8-7-17(29(32)33)12-20(21)28-23(30)16(13-27)9-14-10-18(25)22(19(26)11-14)35-24(31)15-5-3-2-4-6-15/h2-12H,1H3,(H,28,30)/b16-9+. The molecular weight excluding hydrogens is 497 g/mol. The van der Waals surface area contributed by atoms with Crippen molar-refractivity contribution in [3.63, 3.8) is 0 Å². The van der Waals surface area contributed by atoms with Crippen molar-refractivity contribution in [2.45, 2.75) is 0 Å². The Bertz CT molecular complexity index is 1360. The molecular formula is C24H15Cl2N3O6. The maximum atomic E-state index is 12.7. The minimum atomic E-state index is -0.849. The van der Waals surface area contributed by atoms with E-state index in [0.29, 0.717) is 5.56 Å². The number of nitro benzene ring substituents is 1. The molecule has 0 aliphatic carbocycles. The van der Waals surface area contributed by atoms with E-state index in [4.69, 9.17) is 32.7 Å². The highest BCUT2D eigenvalue weighted by molar-refractivity contribution is 6.37. The van der Waals surface area contributed by atoms with Gasteiger partial charge in [-0.2, -0.15) is 5.26 Å². The summed E-state index contributed by atoms with van der Waals surface area (Å²) in [4.78, 5) is 35.4. The van der Waals surface area contributed by atoms with Crippen LogP contribution in [-0.2, 0) is 4.79 Å². The number of amides is 1. The molecule has 3 rings (SSSR count). The Labute approximate surface area is 209 Å². The zero-order valence-corrected chi connectivity index (χ0v) is 19.5.